The summed E-state index contributed by atoms with van der Waals surface area (Å²) >= 11 is 0. The van der Waals surface area contributed by atoms with Crippen LogP contribution in [0.3, 0.4) is 0 Å². The van der Waals surface area contributed by atoms with Crippen LogP contribution < -0.4 is 5.73 Å². The Bertz CT molecular complexity index is 383. The predicted octanol–water partition coefficient (Wildman–Crippen LogP) is 2.39. The summed E-state index contributed by atoms with van der Waals surface area (Å²) in [6.07, 6.45) is 0.854. The summed E-state index contributed by atoms with van der Waals surface area (Å²) < 4.78 is 31.3. The Balaban J connectivity index is 2.20. The Kier molecular flexibility index (Phi) is 3.21. The van der Waals surface area contributed by atoms with Crippen LogP contribution in [0.2, 0.25) is 0 Å². The van der Waals surface area contributed by atoms with Crippen LogP contribution in [0.25, 0.3) is 0 Å². The van der Waals surface area contributed by atoms with Gasteiger partial charge in [-0.05, 0) is 30.0 Å². The molecule has 4 heteroatoms. The molecule has 1 fully saturated rings. The lowest BCUT2D eigenvalue weighted by atomic mass is 9.93. The van der Waals surface area contributed by atoms with Gasteiger partial charge in [-0.15, -0.1) is 0 Å². The van der Waals surface area contributed by atoms with Gasteiger partial charge in [0.1, 0.15) is 0 Å². The molecule has 2 N–H and O–H groups in total. The molecule has 1 aromatic carbocycles. The zero-order chi connectivity index (χ0) is 11.7. The Morgan fingerprint density at radius 2 is 2.12 bits per heavy atom. The molecule has 88 valence electrons. The van der Waals surface area contributed by atoms with Gasteiger partial charge in [0.25, 0.3) is 0 Å². The molecular formula is C12H15F2NO. The third kappa shape index (κ3) is 2.08. The van der Waals surface area contributed by atoms with Crippen molar-refractivity contribution in [2.24, 2.45) is 11.7 Å². The number of hydrogen-bond donors (Lipinski definition) is 1. The van der Waals surface area contributed by atoms with E-state index in [4.69, 9.17) is 10.5 Å². The molecule has 0 aromatic heterocycles. The van der Waals surface area contributed by atoms with Gasteiger partial charge >= 0.3 is 0 Å². The fourth-order valence-electron chi connectivity index (χ4n) is 2.09. The van der Waals surface area contributed by atoms with Gasteiger partial charge in [-0.25, -0.2) is 8.78 Å². The van der Waals surface area contributed by atoms with E-state index in [-0.39, 0.29) is 6.10 Å². The van der Waals surface area contributed by atoms with Gasteiger partial charge in [-0.2, -0.15) is 0 Å². The first-order valence-electron chi connectivity index (χ1n) is 5.41. The first kappa shape index (κ1) is 11.5. The zero-order valence-electron chi connectivity index (χ0n) is 9.12. The first-order valence-corrected chi connectivity index (χ1v) is 5.41. The molecule has 1 aliphatic rings. The summed E-state index contributed by atoms with van der Waals surface area (Å²) in [5, 5.41) is 0. The molecule has 0 spiro atoms. The van der Waals surface area contributed by atoms with E-state index in [9.17, 15) is 8.78 Å². The maximum Gasteiger partial charge on any atom is 0.159 e. The minimum Gasteiger partial charge on any atom is -0.376 e. The van der Waals surface area contributed by atoms with Crippen molar-refractivity contribution in [3.63, 3.8) is 0 Å². The molecule has 16 heavy (non-hydrogen) atoms. The predicted molar refractivity (Wildman–Crippen MR) is 56.8 cm³/mol. The van der Waals surface area contributed by atoms with Crippen molar-refractivity contribution in [2.45, 2.75) is 25.5 Å². The summed E-state index contributed by atoms with van der Waals surface area (Å²) in [5.74, 6) is -1.36. The van der Waals surface area contributed by atoms with Gasteiger partial charge in [0, 0.05) is 6.61 Å². The monoisotopic (exact) mass is 227 g/mol. The van der Waals surface area contributed by atoms with E-state index >= 15 is 0 Å². The van der Waals surface area contributed by atoms with E-state index in [1.54, 1.807) is 0 Å². The van der Waals surface area contributed by atoms with Crippen LogP contribution in [0.15, 0.2) is 18.2 Å². The van der Waals surface area contributed by atoms with Gasteiger partial charge in [0.05, 0.1) is 12.1 Å². The van der Waals surface area contributed by atoms with E-state index in [0.717, 1.165) is 18.6 Å². The molecule has 0 saturated carbocycles. The number of halogens is 2. The summed E-state index contributed by atoms with van der Waals surface area (Å²) in [7, 11) is 0. The van der Waals surface area contributed by atoms with Gasteiger partial charge in [0.15, 0.2) is 11.6 Å². The van der Waals surface area contributed by atoms with Crippen molar-refractivity contribution in [3.05, 3.63) is 35.4 Å². The lowest BCUT2D eigenvalue weighted by Crippen LogP contribution is -2.29. The Morgan fingerprint density at radius 1 is 1.38 bits per heavy atom. The molecule has 1 saturated heterocycles. The molecule has 0 radical (unpaired) electrons. The average Bonchev–Trinajstić information content (AvgIpc) is 2.67. The summed E-state index contributed by atoms with van der Waals surface area (Å²) in [6.45, 7) is 2.74. The van der Waals surface area contributed by atoms with E-state index in [1.807, 2.05) is 0 Å². The average molecular weight is 227 g/mol. The minimum atomic E-state index is -0.862. The molecule has 1 aromatic rings. The smallest absolute Gasteiger partial charge is 0.159 e. The normalized spacial score (nSPS) is 27.0. The second-order valence-corrected chi connectivity index (χ2v) is 4.30. The maximum absolute atomic E-state index is 13.1. The second kappa shape index (κ2) is 4.47. The van der Waals surface area contributed by atoms with Crippen LogP contribution in [0.1, 0.15) is 24.9 Å². The molecule has 0 amide bonds. The van der Waals surface area contributed by atoms with Crippen molar-refractivity contribution in [1.29, 1.82) is 0 Å². The molecule has 1 aliphatic heterocycles. The highest BCUT2D eigenvalue weighted by Gasteiger charge is 2.31. The Labute approximate surface area is 93.4 Å². The van der Waals surface area contributed by atoms with Crippen molar-refractivity contribution >= 4 is 0 Å². The van der Waals surface area contributed by atoms with Crippen LogP contribution >= 0.6 is 0 Å². The first-order chi connectivity index (χ1) is 7.59. The maximum atomic E-state index is 13.1. The zero-order valence-corrected chi connectivity index (χ0v) is 9.12. The third-order valence-corrected chi connectivity index (χ3v) is 3.13. The molecule has 2 nitrogen and oxygen atoms in total. The Morgan fingerprint density at radius 3 is 2.69 bits per heavy atom. The van der Waals surface area contributed by atoms with Crippen molar-refractivity contribution in [2.75, 3.05) is 6.61 Å². The number of nitrogens with two attached hydrogens (primary N) is 1. The number of rotatable bonds is 2. The minimum absolute atomic E-state index is 0.107. The van der Waals surface area contributed by atoms with Gasteiger partial charge in [-0.3, -0.25) is 0 Å². The van der Waals surface area contributed by atoms with Crippen molar-refractivity contribution < 1.29 is 13.5 Å². The fourth-order valence-corrected chi connectivity index (χ4v) is 2.09. The lowest BCUT2D eigenvalue weighted by Gasteiger charge is -2.22. The van der Waals surface area contributed by atoms with Crippen molar-refractivity contribution in [3.8, 4) is 0 Å². The molecule has 1 heterocycles. The highest BCUT2D eigenvalue weighted by Crippen LogP contribution is 2.30. The Hall–Kier alpha value is -1.00. The lowest BCUT2D eigenvalue weighted by molar-refractivity contribution is 0.0724. The SMILES string of the molecule is CC1CCOC1C(N)c1ccc(F)c(F)c1. The highest BCUT2D eigenvalue weighted by atomic mass is 19.2. The molecular weight excluding hydrogens is 212 g/mol. The van der Waals surface area contributed by atoms with Gasteiger partial charge < -0.3 is 10.5 Å². The molecule has 3 unspecified atom stereocenters. The van der Waals surface area contributed by atoms with E-state index < -0.39 is 17.7 Å². The summed E-state index contributed by atoms with van der Waals surface area (Å²) in [6, 6.07) is 3.36. The van der Waals surface area contributed by atoms with Gasteiger partial charge in [0.2, 0.25) is 0 Å². The topological polar surface area (TPSA) is 35.2 Å². The van der Waals surface area contributed by atoms with Crippen LogP contribution in [0, 0.1) is 17.6 Å². The molecule has 3 atom stereocenters. The fraction of sp³-hybridized carbons (Fsp3) is 0.500. The highest BCUT2D eigenvalue weighted by molar-refractivity contribution is 5.22. The van der Waals surface area contributed by atoms with E-state index in [2.05, 4.69) is 6.92 Å². The van der Waals surface area contributed by atoms with E-state index in [0.29, 0.717) is 18.1 Å². The standard InChI is InChI=1S/C12H15F2NO/c1-7-4-5-16-12(7)11(15)8-2-3-9(13)10(14)6-8/h2-3,6-7,11-12H,4-5,15H2,1H3. The molecule has 2 rings (SSSR count). The summed E-state index contributed by atoms with van der Waals surface area (Å²) in [4.78, 5) is 0. The largest absolute Gasteiger partial charge is 0.376 e. The second-order valence-electron chi connectivity index (χ2n) is 4.30. The summed E-state index contributed by atoms with van der Waals surface area (Å²) in [5.41, 5.74) is 6.58. The van der Waals surface area contributed by atoms with Gasteiger partial charge in [-0.1, -0.05) is 13.0 Å². The number of hydrogen-bond acceptors (Lipinski definition) is 2. The number of ether oxygens (including phenoxy) is 1. The van der Waals surface area contributed by atoms with Crippen LogP contribution in [0.5, 0.6) is 0 Å². The van der Waals surface area contributed by atoms with Crippen LogP contribution in [-0.4, -0.2) is 12.7 Å². The third-order valence-electron chi connectivity index (χ3n) is 3.13. The quantitative estimate of drug-likeness (QED) is 0.842. The van der Waals surface area contributed by atoms with Crippen molar-refractivity contribution in [1.82, 2.24) is 0 Å². The number of benzene rings is 1. The van der Waals surface area contributed by atoms with Crippen LogP contribution in [-0.2, 0) is 4.74 Å². The molecule has 0 aliphatic carbocycles. The van der Waals surface area contributed by atoms with Crippen LogP contribution in [0.4, 0.5) is 8.78 Å². The van der Waals surface area contributed by atoms with E-state index in [1.165, 1.54) is 6.07 Å². The molecule has 0 bridgehead atoms.